The normalized spacial score (nSPS) is 11.9. The molecule has 4 nitrogen and oxygen atoms in total. The lowest BCUT2D eigenvalue weighted by molar-refractivity contribution is -0.137. The highest BCUT2D eigenvalue weighted by atomic mass is 19.1. The maximum absolute atomic E-state index is 13.6. The average molecular weight is 253 g/mol. The first-order valence-electron chi connectivity index (χ1n) is 5.58. The quantitative estimate of drug-likeness (QED) is 0.871. The van der Waals surface area contributed by atoms with Gasteiger partial charge >= 0.3 is 5.97 Å². The molecule has 1 rings (SSSR count). The monoisotopic (exact) mass is 253 g/mol. The van der Waals surface area contributed by atoms with Gasteiger partial charge in [0.15, 0.2) is 0 Å². The number of aliphatic carboxylic acids is 1. The summed E-state index contributed by atoms with van der Waals surface area (Å²) in [6, 6.07) is 5.95. The van der Waals surface area contributed by atoms with E-state index in [0.717, 1.165) is 0 Å². The summed E-state index contributed by atoms with van der Waals surface area (Å²) >= 11 is 0. The number of halogens is 1. The molecule has 0 radical (unpaired) electrons. The molecule has 0 spiro atoms. The second-order valence-electron chi connectivity index (χ2n) is 4.31. The van der Waals surface area contributed by atoms with Crippen molar-refractivity contribution in [3.05, 3.63) is 35.6 Å². The number of amides is 1. The van der Waals surface area contributed by atoms with E-state index in [1.165, 1.54) is 23.1 Å². The van der Waals surface area contributed by atoms with Gasteiger partial charge in [0.25, 0.3) is 0 Å². The van der Waals surface area contributed by atoms with Crippen LogP contribution in [-0.4, -0.2) is 36.0 Å². The zero-order valence-electron chi connectivity index (χ0n) is 10.4. The Bertz CT molecular complexity index is 446. The highest BCUT2D eigenvalue weighted by Gasteiger charge is 2.22. The fourth-order valence-corrected chi connectivity index (χ4v) is 1.70. The van der Waals surface area contributed by atoms with Crippen molar-refractivity contribution in [2.75, 3.05) is 14.1 Å². The molecular formula is C13H16FNO3. The Hall–Kier alpha value is -1.91. The van der Waals surface area contributed by atoms with Crippen molar-refractivity contribution in [3.8, 4) is 0 Å². The average Bonchev–Trinajstić information content (AvgIpc) is 2.28. The van der Waals surface area contributed by atoms with Crippen molar-refractivity contribution in [1.82, 2.24) is 4.90 Å². The van der Waals surface area contributed by atoms with E-state index in [-0.39, 0.29) is 24.3 Å². The Kier molecular flexibility index (Phi) is 4.83. The summed E-state index contributed by atoms with van der Waals surface area (Å²) < 4.78 is 13.6. The van der Waals surface area contributed by atoms with E-state index in [1.54, 1.807) is 20.2 Å². The topological polar surface area (TPSA) is 57.6 Å². The van der Waals surface area contributed by atoms with E-state index < -0.39 is 17.7 Å². The lowest BCUT2D eigenvalue weighted by atomic mass is 9.91. The van der Waals surface area contributed by atoms with Gasteiger partial charge in [-0.15, -0.1) is 0 Å². The number of carboxylic acids is 1. The van der Waals surface area contributed by atoms with Gasteiger partial charge in [-0.1, -0.05) is 18.2 Å². The number of carbonyl (C=O) groups excluding carboxylic acids is 1. The van der Waals surface area contributed by atoms with Crippen LogP contribution in [0.15, 0.2) is 24.3 Å². The van der Waals surface area contributed by atoms with Crippen LogP contribution < -0.4 is 0 Å². The highest BCUT2D eigenvalue weighted by molar-refractivity contribution is 5.78. The molecule has 0 aliphatic rings. The van der Waals surface area contributed by atoms with Crippen LogP contribution in [0.1, 0.15) is 24.3 Å². The summed E-state index contributed by atoms with van der Waals surface area (Å²) in [6.07, 6.45) is -0.277. The number of hydrogen-bond acceptors (Lipinski definition) is 2. The van der Waals surface area contributed by atoms with Gasteiger partial charge in [-0.05, 0) is 11.6 Å². The summed E-state index contributed by atoms with van der Waals surface area (Å²) in [6.45, 7) is 0. The Morgan fingerprint density at radius 1 is 1.28 bits per heavy atom. The van der Waals surface area contributed by atoms with Crippen LogP contribution in [0.25, 0.3) is 0 Å². The molecule has 5 heteroatoms. The molecular weight excluding hydrogens is 237 g/mol. The van der Waals surface area contributed by atoms with Crippen LogP contribution in [-0.2, 0) is 9.59 Å². The van der Waals surface area contributed by atoms with Crippen molar-refractivity contribution in [2.24, 2.45) is 0 Å². The maximum Gasteiger partial charge on any atom is 0.303 e. The number of benzene rings is 1. The molecule has 0 bridgehead atoms. The van der Waals surface area contributed by atoms with Crippen LogP contribution in [0.4, 0.5) is 4.39 Å². The zero-order valence-corrected chi connectivity index (χ0v) is 10.4. The predicted molar refractivity (Wildman–Crippen MR) is 64.7 cm³/mol. The molecule has 1 aromatic carbocycles. The van der Waals surface area contributed by atoms with Gasteiger partial charge in [0, 0.05) is 26.4 Å². The van der Waals surface area contributed by atoms with Gasteiger partial charge in [0.05, 0.1) is 6.42 Å². The molecule has 0 fully saturated rings. The van der Waals surface area contributed by atoms with E-state index in [1.807, 2.05) is 0 Å². The third-order valence-electron chi connectivity index (χ3n) is 2.69. The minimum Gasteiger partial charge on any atom is -0.481 e. The Balaban J connectivity index is 2.95. The highest BCUT2D eigenvalue weighted by Crippen LogP contribution is 2.26. The number of carboxylic acid groups (broad SMARTS) is 1. The van der Waals surface area contributed by atoms with Crippen LogP contribution in [0.3, 0.4) is 0 Å². The Morgan fingerprint density at radius 2 is 1.89 bits per heavy atom. The molecule has 18 heavy (non-hydrogen) atoms. The number of hydrogen-bond donors (Lipinski definition) is 1. The van der Waals surface area contributed by atoms with Crippen molar-refractivity contribution in [1.29, 1.82) is 0 Å². The van der Waals surface area contributed by atoms with Crippen molar-refractivity contribution in [3.63, 3.8) is 0 Å². The molecule has 0 aliphatic heterocycles. The smallest absolute Gasteiger partial charge is 0.303 e. The number of carbonyl (C=O) groups is 2. The van der Waals surface area contributed by atoms with Crippen molar-refractivity contribution >= 4 is 11.9 Å². The van der Waals surface area contributed by atoms with Gasteiger partial charge in [-0.3, -0.25) is 9.59 Å². The second-order valence-corrected chi connectivity index (χ2v) is 4.31. The predicted octanol–water partition coefficient (Wildman–Crippen LogP) is 1.86. The summed E-state index contributed by atoms with van der Waals surface area (Å²) in [5, 5.41) is 8.84. The van der Waals surface area contributed by atoms with Crippen LogP contribution >= 0.6 is 0 Å². The molecule has 1 unspecified atom stereocenters. The van der Waals surface area contributed by atoms with Gasteiger partial charge in [-0.25, -0.2) is 4.39 Å². The minimum atomic E-state index is -1.05. The maximum atomic E-state index is 13.6. The summed E-state index contributed by atoms with van der Waals surface area (Å²) in [5.41, 5.74) is 0.273. The molecule has 0 saturated carbocycles. The zero-order chi connectivity index (χ0) is 13.7. The third-order valence-corrected chi connectivity index (χ3v) is 2.69. The SMILES string of the molecule is CN(C)C(=O)CC(CC(=O)O)c1ccccc1F. The first-order valence-corrected chi connectivity index (χ1v) is 5.58. The van der Waals surface area contributed by atoms with Crippen LogP contribution in [0.2, 0.25) is 0 Å². The first kappa shape index (κ1) is 14.2. The fraction of sp³-hybridized carbons (Fsp3) is 0.385. The van der Waals surface area contributed by atoms with E-state index in [0.29, 0.717) is 0 Å². The van der Waals surface area contributed by atoms with Crippen molar-refractivity contribution in [2.45, 2.75) is 18.8 Å². The van der Waals surface area contributed by atoms with Crippen LogP contribution in [0.5, 0.6) is 0 Å². The lowest BCUT2D eigenvalue weighted by Crippen LogP contribution is -2.24. The number of rotatable bonds is 5. The molecule has 1 aromatic rings. The van der Waals surface area contributed by atoms with Crippen LogP contribution in [0, 0.1) is 5.82 Å². The van der Waals surface area contributed by atoms with E-state index in [9.17, 15) is 14.0 Å². The Morgan fingerprint density at radius 3 is 2.39 bits per heavy atom. The molecule has 0 aliphatic carbocycles. The van der Waals surface area contributed by atoms with Gasteiger partial charge in [-0.2, -0.15) is 0 Å². The van der Waals surface area contributed by atoms with E-state index in [2.05, 4.69) is 0 Å². The molecule has 98 valence electrons. The molecule has 1 atom stereocenters. The molecule has 0 heterocycles. The summed E-state index contributed by atoms with van der Waals surface area (Å²) in [5.74, 6) is -2.38. The molecule has 0 saturated heterocycles. The minimum absolute atomic E-state index is 0.0137. The van der Waals surface area contributed by atoms with E-state index >= 15 is 0 Å². The Labute approximate surface area is 105 Å². The molecule has 1 amide bonds. The fourth-order valence-electron chi connectivity index (χ4n) is 1.70. The first-order chi connectivity index (χ1) is 8.41. The van der Waals surface area contributed by atoms with Crippen molar-refractivity contribution < 1.29 is 19.1 Å². The van der Waals surface area contributed by atoms with Gasteiger partial charge < -0.3 is 10.0 Å². The third kappa shape index (κ3) is 3.84. The lowest BCUT2D eigenvalue weighted by Gasteiger charge is -2.18. The second kappa shape index (κ2) is 6.14. The summed E-state index contributed by atoms with van der Waals surface area (Å²) in [4.78, 5) is 23.8. The summed E-state index contributed by atoms with van der Waals surface area (Å²) in [7, 11) is 3.17. The van der Waals surface area contributed by atoms with Gasteiger partial charge in [0.1, 0.15) is 5.82 Å². The largest absolute Gasteiger partial charge is 0.481 e. The van der Waals surface area contributed by atoms with Gasteiger partial charge in [0.2, 0.25) is 5.91 Å². The standard InChI is InChI=1S/C13H16FNO3/c1-15(2)12(16)7-9(8-13(17)18)10-5-3-4-6-11(10)14/h3-6,9H,7-8H2,1-2H3,(H,17,18). The van der Waals surface area contributed by atoms with E-state index in [4.69, 9.17) is 5.11 Å². The molecule has 1 N–H and O–H groups in total. The molecule has 0 aromatic heterocycles. The number of nitrogens with zero attached hydrogens (tertiary/aromatic N) is 1.